The fraction of sp³-hybridized carbons (Fsp3) is 0.714. The van der Waals surface area contributed by atoms with Crippen LogP contribution in [0.1, 0.15) is 90.3 Å². The topological polar surface area (TPSA) is 9.23 Å². The van der Waals surface area contributed by atoms with Crippen molar-refractivity contribution in [3.63, 3.8) is 0 Å². The summed E-state index contributed by atoms with van der Waals surface area (Å²) in [5.41, 5.74) is 4.89. The summed E-state index contributed by atoms with van der Waals surface area (Å²) in [6, 6.07) is 4.64. The molecule has 0 N–H and O–H groups in total. The number of hydrogen-bond donors (Lipinski definition) is 0. The third kappa shape index (κ3) is 3.86. The normalized spacial score (nSPS) is 22.4. The van der Waals surface area contributed by atoms with Gasteiger partial charge in [-0.1, -0.05) is 60.5 Å². The Bertz CT molecular complexity index is 485. The first-order valence-electron chi connectivity index (χ1n) is 8.95. The summed E-state index contributed by atoms with van der Waals surface area (Å²) in [4.78, 5) is 0. The van der Waals surface area contributed by atoms with Gasteiger partial charge in [0, 0.05) is 0 Å². The maximum atomic E-state index is 5.51. The number of unbranched alkanes of at least 4 members (excludes halogenated alkanes) is 1. The molecule has 0 heterocycles. The van der Waals surface area contributed by atoms with Crippen molar-refractivity contribution in [2.45, 2.75) is 91.4 Å². The second kappa shape index (κ2) is 7.53. The van der Waals surface area contributed by atoms with Crippen LogP contribution in [0.2, 0.25) is 0 Å². The number of rotatable bonds is 3. The molecule has 1 nitrogen and oxygen atoms in total. The number of methoxy groups -OCH3 is 1. The second-order valence-electron chi connectivity index (χ2n) is 7.67. The van der Waals surface area contributed by atoms with E-state index in [1.165, 1.54) is 43.2 Å². The van der Waals surface area contributed by atoms with E-state index in [4.69, 9.17) is 4.74 Å². The Hall–Kier alpha value is -0.980. The SMILES string of the molecule is CCC1(C)CCC(C)(C)c2cc(OC)c(C)cc21.CCCC. The summed E-state index contributed by atoms with van der Waals surface area (Å²) in [6.07, 6.45) is 6.40. The zero-order valence-corrected chi connectivity index (χ0v) is 16.1. The van der Waals surface area contributed by atoms with Crippen LogP contribution in [0.25, 0.3) is 0 Å². The lowest BCUT2D eigenvalue weighted by Crippen LogP contribution is -2.35. The van der Waals surface area contributed by atoms with E-state index < -0.39 is 0 Å². The minimum Gasteiger partial charge on any atom is -0.496 e. The predicted molar refractivity (Wildman–Crippen MR) is 98.2 cm³/mol. The Labute approximate surface area is 138 Å². The molecular formula is C21H36O. The lowest BCUT2D eigenvalue weighted by molar-refractivity contribution is 0.302. The van der Waals surface area contributed by atoms with Gasteiger partial charge in [-0.05, 0) is 59.8 Å². The van der Waals surface area contributed by atoms with Crippen LogP contribution in [-0.4, -0.2) is 7.11 Å². The highest BCUT2D eigenvalue weighted by atomic mass is 16.5. The van der Waals surface area contributed by atoms with E-state index in [-0.39, 0.29) is 5.41 Å². The Kier molecular flexibility index (Phi) is 6.52. The Morgan fingerprint density at radius 3 is 2.00 bits per heavy atom. The predicted octanol–water partition coefficient (Wildman–Crippen LogP) is 6.55. The number of fused-ring (bicyclic) bond motifs is 1. The van der Waals surface area contributed by atoms with Crippen LogP contribution < -0.4 is 4.74 Å². The molecule has 1 atom stereocenters. The minimum atomic E-state index is 0.269. The van der Waals surface area contributed by atoms with Gasteiger partial charge in [-0.15, -0.1) is 0 Å². The molecular weight excluding hydrogens is 268 g/mol. The molecule has 2 rings (SSSR count). The molecule has 22 heavy (non-hydrogen) atoms. The molecule has 0 radical (unpaired) electrons. The summed E-state index contributed by atoms with van der Waals surface area (Å²) in [5.74, 6) is 1.03. The van der Waals surface area contributed by atoms with Gasteiger partial charge in [-0.2, -0.15) is 0 Å². The average Bonchev–Trinajstić information content (AvgIpc) is 2.51. The lowest BCUT2D eigenvalue weighted by atomic mass is 9.61. The number of aryl methyl sites for hydroxylation is 1. The molecule has 1 unspecified atom stereocenters. The smallest absolute Gasteiger partial charge is 0.122 e. The molecule has 1 aromatic rings. The van der Waals surface area contributed by atoms with E-state index in [1.807, 2.05) is 0 Å². The molecule has 0 spiro atoms. The van der Waals surface area contributed by atoms with Gasteiger partial charge in [0.15, 0.2) is 0 Å². The molecule has 0 saturated heterocycles. The molecule has 0 aliphatic heterocycles. The van der Waals surface area contributed by atoms with Gasteiger partial charge < -0.3 is 4.74 Å². The first-order valence-corrected chi connectivity index (χ1v) is 8.95. The lowest BCUT2D eigenvalue weighted by Gasteiger charge is -2.43. The van der Waals surface area contributed by atoms with Crippen LogP contribution in [-0.2, 0) is 10.8 Å². The Morgan fingerprint density at radius 1 is 0.955 bits per heavy atom. The van der Waals surface area contributed by atoms with Gasteiger partial charge in [0.2, 0.25) is 0 Å². The summed E-state index contributed by atoms with van der Waals surface area (Å²) in [6.45, 7) is 15.9. The molecule has 1 aliphatic carbocycles. The van der Waals surface area contributed by atoms with Gasteiger partial charge in [0.25, 0.3) is 0 Å². The maximum Gasteiger partial charge on any atom is 0.122 e. The maximum absolute atomic E-state index is 5.51. The summed E-state index contributed by atoms with van der Waals surface area (Å²) >= 11 is 0. The fourth-order valence-corrected chi connectivity index (χ4v) is 3.19. The van der Waals surface area contributed by atoms with Crippen molar-refractivity contribution in [2.75, 3.05) is 7.11 Å². The zero-order valence-electron chi connectivity index (χ0n) is 16.1. The van der Waals surface area contributed by atoms with Crippen molar-refractivity contribution < 1.29 is 4.74 Å². The highest BCUT2D eigenvalue weighted by Crippen LogP contribution is 2.49. The highest BCUT2D eigenvalue weighted by molar-refractivity contribution is 5.49. The van der Waals surface area contributed by atoms with Crippen molar-refractivity contribution >= 4 is 0 Å². The van der Waals surface area contributed by atoms with Gasteiger partial charge >= 0.3 is 0 Å². The molecule has 0 amide bonds. The molecule has 1 heteroatoms. The van der Waals surface area contributed by atoms with Gasteiger partial charge in [0.05, 0.1) is 7.11 Å². The van der Waals surface area contributed by atoms with Crippen LogP contribution in [0.15, 0.2) is 12.1 Å². The summed E-state index contributed by atoms with van der Waals surface area (Å²) in [5, 5.41) is 0. The molecule has 1 aromatic carbocycles. The number of ether oxygens (including phenoxy) is 1. The average molecular weight is 305 g/mol. The largest absolute Gasteiger partial charge is 0.496 e. The van der Waals surface area contributed by atoms with Crippen molar-refractivity contribution in [3.8, 4) is 5.75 Å². The Balaban J connectivity index is 0.000000541. The monoisotopic (exact) mass is 304 g/mol. The third-order valence-electron chi connectivity index (χ3n) is 5.50. The van der Waals surface area contributed by atoms with E-state index in [0.717, 1.165) is 5.75 Å². The highest BCUT2D eigenvalue weighted by Gasteiger charge is 2.39. The molecule has 1 aliphatic rings. The van der Waals surface area contributed by atoms with E-state index in [1.54, 1.807) is 12.7 Å². The zero-order chi connectivity index (χ0) is 17.0. The Morgan fingerprint density at radius 2 is 1.55 bits per heavy atom. The van der Waals surface area contributed by atoms with Crippen molar-refractivity contribution in [1.82, 2.24) is 0 Å². The van der Waals surface area contributed by atoms with Crippen molar-refractivity contribution in [3.05, 3.63) is 28.8 Å². The minimum absolute atomic E-state index is 0.269. The number of hydrogen-bond acceptors (Lipinski definition) is 1. The standard InChI is InChI=1S/C17H26O.C4H10/c1-7-17(5)9-8-16(3,4)13-11-15(18-6)12(2)10-14(13)17;1-3-4-2/h10-11H,7-9H2,1-6H3;3-4H2,1-2H3. The summed E-state index contributed by atoms with van der Waals surface area (Å²) in [7, 11) is 1.77. The fourth-order valence-electron chi connectivity index (χ4n) is 3.19. The molecule has 0 saturated carbocycles. The van der Waals surface area contributed by atoms with Crippen LogP contribution in [0.5, 0.6) is 5.75 Å². The van der Waals surface area contributed by atoms with E-state index in [2.05, 4.69) is 60.6 Å². The third-order valence-corrected chi connectivity index (χ3v) is 5.50. The van der Waals surface area contributed by atoms with Crippen LogP contribution >= 0.6 is 0 Å². The van der Waals surface area contributed by atoms with Crippen molar-refractivity contribution in [1.29, 1.82) is 0 Å². The van der Waals surface area contributed by atoms with Crippen LogP contribution in [0.3, 0.4) is 0 Å². The van der Waals surface area contributed by atoms with E-state index in [9.17, 15) is 0 Å². The molecule has 126 valence electrons. The van der Waals surface area contributed by atoms with Gasteiger partial charge in [0.1, 0.15) is 5.75 Å². The van der Waals surface area contributed by atoms with Gasteiger partial charge in [-0.25, -0.2) is 0 Å². The first kappa shape index (κ1) is 19.1. The second-order valence-corrected chi connectivity index (χ2v) is 7.67. The van der Waals surface area contributed by atoms with E-state index in [0.29, 0.717) is 5.41 Å². The van der Waals surface area contributed by atoms with E-state index >= 15 is 0 Å². The van der Waals surface area contributed by atoms with Crippen molar-refractivity contribution in [2.24, 2.45) is 0 Å². The summed E-state index contributed by atoms with van der Waals surface area (Å²) < 4.78 is 5.51. The molecule has 0 aromatic heterocycles. The first-order chi connectivity index (χ1) is 10.3. The molecule has 0 bridgehead atoms. The van der Waals surface area contributed by atoms with Crippen LogP contribution in [0.4, 0.5) is 0 Å². The number of benzene rings is 1. The van der Waals surface area contributed by atoms with Crippen LogP contribution in [0, 0.1) is 6.92 Å². The quantitative estimate of drug-likeness (QED) is 0.615. The van der Waals surface area contributed by atoms with Gasteiger partial charge in [-0.3, -0.25) is 0 Å². The molecule has 0 fully saturated rings.